The van der Waals surface area contributed by atoms with Crippen LogP contribution in [0.5, 0.6) is 0 Å². The van der Waals surface area contributed by atoms with Crippen LogP contribution in [0.2, 0.25) is 0 Å². The van der Waals surface area contributed by atoms with Gasteiger partial charge in [0.05, 0.1) is 11.6 Å². The summed E-state index contributed by atoms with van der Waals surface area (Å²) in [5.74, 6) is 2.50. The first kappa shape index (κ1) is 19.4. The summed E-state index contributed by atoms with van der Waals surface area (Å²) < 4.78 is 5.69. The molecule has 0 bridgehead atoms. The molecule has 4 rings (SSSR count). The van der Waals surface area contributed by atoms with Crippen LogP contribution < -0.4 is 15.5 Å². The molecule has 1 aliphatic carbocycles. The quantitative estimate of drug-likeness (QED) is 0.764. The average Bonchev–Trinajstić information content (AvgIpc) is 3.22. The third-order valence-electron chi connectivity index (χ3n) is 6.02. The second kappa shape index (κ2) is 9.05. The third kappa shape index (κ3) is 4.73. The van der Waals surface area contributed by atoms with Crippen molar-refractivity contribution in [3.8, 4) is 0 Å². The highest BCUT2D eigenvalue weighted by Crippen LogP contribution is 2.28. The minimum Gasteiger partial charge on any atom is -0.377 e. The molecule has 28 heavy (non-hydrogen) atoms. The van der Waals surface area contributed by atoms with Gasteiger partial charge in [0, 0.05) is 38.7 Å². The van der Waals surface area contributed by atoms with Gasteiger partial charge in [0.15, 0.2) is 0 Å². The number of aromatic nitrogens is 2. The number of hydrogen-bond donors (Lipinski definition) is 2. The van der Waals surface area contributed by atoms with Gasteiger partial charge in [0.1, 0.15) is 5.82 Å². The van der Waals surface area contributed by atoms with Crippen LogP contribution in [0, 0.1) is 5.92 Å². The van der Waals surface area contributed by atoms with Gasteiger partial charge in [-0.25, -0.2) is 4.98 Å². The Hall–Kier alpha value is -1.92. The van der Waals surface area contributed by atoms with Crippen molar-refractivity contribution >= 4 is 22.7 Å². The number of benzene rings is 1. The van der Waals surface area contributed by atoms with Crippen molar-refractivity contribution in [3.63, 3.8) is 0 Å². The van der Waals surface area contributed by atoms with Crippen LogP contribution in [0.15, 0.2) is 24.3 Å². The molecular weight excluding hydrogens is 350 g/mol. The van der Waals surface area contributed by atoms with E-state index in [4.69, 9.17) is 14.7 Å². The van der Waals surface area contributed by atoms with Gasteiger partial charge in [-0.3, -0.25) is 0 Å². The average molecular weight is 384 g/mol. The molecule has 2 aliphatic rings. The lowest BCUT2D eigenvalue weighted by Gasteiger charge is -2.30. The zero-order valence-electron chi connectivity index (χ0n) is 17.2. The summed E-state index contributed by atoms with van der Waals surface area (Å²) in [6.45, 7) is 3.07. The van der Waals surface area contributed by atoms with Crippen molar-refractivity contribution in [1.29, 1.82) is 0 Å². The van der Waals surface area contributed by atoms with Crippen molar-refractivity contribution in [3.05, 3.63) is 24.3 Å². The van der Waals surface area contributed by atoms with Gasteiger partial charge in [0.2, 0.25) is 5.95 Å². The van der Waals surface area contributed by atoms with E-state index in [1.165, 1.54) is 38.5 Å². The molecule has 0 radical (unpaired) electrons. The Morgan fingerprint density at radius 2 is 1.86 bits per heavy atom. The first-order chi connectivity index (χ1) is 13.7. The second-order valence-corrected chi connectivity index (χ2v) is 8.44. The van der Waals surface area contributed by atoms with E-state index in [1.54, 1.807) is 0 Å². The monoisotopic (exact) mass is 383 g/mol. The molecule has 1 unspecified atom stereocenters. The number of para-hydroxylation sites is 1. The second-order valence-electron chi connectivity index (χ2n) is 8.44. The van der Waals surface area contributed by atoms with Crippen LogP contribution in [-0.2, 0) is 4.74 Å². The lowest BCUT2D eigenvalue weighted by molar-refractivity contribution is 0.108. The fraction of sp³-hybridized carbons (Fsp3) is 0.636. The minimum absolute atomic E-state index is 0.439. The number of fused-ring (bicyclic) bond motifs is 1. The van der Waals surface area contributed by atoms with Gasteiger partial charge in [0.25, 0.3) is 0 Å². The maximum Gasteiger partial charge on any atom is 0.225 e. The van der Waals surface area contributed by atoms with Crippen LogP contribution >= 0.6 is 0 Å². The standard InChI is InChI=1S/C22H33N5O/c1-27(2)21-19-7-3-4-8-20(19)25-22(26-21)24-17-11-9-16(10-12-17)14-23-15-18-6-5-13-28-18/h3-4,7-8,16-18,23H,5-6,9-15H2,1-2H3,(H,24,25,26)/t16-,17+,18?. The van der Waals surface area contributed by atoms with Crippen molar-refractivity contribution in [1.82, 2.24) is 15.3 Å². The van der Waals surface area contributed by atoms with Gasteiger partial charge in [-0.05, 0) is 63.1 Å². The lowest BCUT2D eigenvalue weighted by atomic mass is 9.86. The van der Waals surface area contributed by atoms with E-state index in [0.29, 0.717) is 12.1 Å². The summed E-state index contributed by atoms with van der Waals surface area (Å²) in [5.41, 5.74) is 0.996. The predicted octanol–water partition coefficient (Wildman–Crippen LogP) is 3.44. The van der Waals surface area contributed by atoms with Crippen molar-refractivity contribution < 1.29 is 4.74 Å². The molecule has 1 aromatic heterocycles. The Morgan fingerprint density at radius 1 is 1.04 bits per heavy atom. The van der Waals surface area contributed by atoms with Crippen LogP contribution in [0.1, 0.15) is 38.5 Å². The molecule has 6 heteroatoms. The third-order valence-corrected chi connectivity index (χ3v) is 6.02. The molecule has 2 fully saturated rings. The molecule has 152 valence electrons. The van der Waals surface area contributed by atoms with E-state index in [-0.39, 0.29) is 0 Å². The molecule has 1 saturated heterocycles. The minimum atomic E-state index is 0.439. The number of hydrogen-bond acceptors (Lipinski definition) is 6. The van der Waals surface area contributed by atoms with Crippen molar-refractivity contribution in [2.24, 2.45) is 5.92 Å². The number of anilines is 2. The molecular formula is C22H33N5O. The molecule has 2 heterocycles. The summed E-state index contributed by atoms with van der Waals surface area (Å²) in [5, 5.41) is 8.32. The van der Waals surface area contributed by atoms with Crippen LogP contribution in [0.3, 0.4) is 0 Å². The molecule has 2 N–H and O–H groups in total. The smallest absolute Gasteiger partial charge is 0.225 e. The molecule has 0 spiro atoms. The summed E-state index contributed by atoms with van der Waals surface area (Å²) in [7, 11) is 4.07. The SMILES string of the molecule is CN(C)c1nc(N[C@H]2CC[C@@H](CNCC3CCCO3)CC2)nc2ccccc12. The highest BCUT2D eigenvalue weighted by atomic mass is 16.5. The highest BCUT2D eigenvalue weighted by molar-refractivity contribution is 5.90. The predicted molar refractivity (Wildman–Crippen MR) is 115 cm³/mol. The Labute approximate surface area is 168 Å². The lowest BCUT2D eigenvalue weighted by Crippen LogP contribution is -2.34. The van der Waals surface area contributed by atoms with Gasteiger partial charge in [-0.2, -0.15) is 4.98 Å². The summed E-state index contributed by atoms with van der Waals surface area (Å²) in [6, 6.07) is 8.69. The van der Waals surface area contributed by atoms with E-state index in [9.17, 15) is 0 Å². The number of nitrogens with one attached hydrogen (secondary N) is 2. The van der Waals surface area contributed by atoms with Gasteiger partial charge < -0.3 is 20.3 Å². The summed E-state index contributed by atoms with van der Waals surface area (Å²) in [4.78, 5) is 11.6. The van der Waals surface area contributed by atoms with E-state index in [1.807, 2.05) is 26.2 Å². The van der Waals surface area contributed by atoms with Crippen molar-refractivity contribution in [2.75, 3.05) is 44.0 Å². The van der Waals surface area contributed by atoms with Gasteiger partial charge in [-0.15, -0.1) is 0 Å². The zero-order valence-corrected chi connectivity index (χ0v) is 17.2. The van der Waals surface area contributed by atoms with Gasteiger partial charge in [-0.1, -0.05) is 12.1 Å². The molecule has 2 aromatic rings. The van der Waals surface area contributed by atoms with Crippen molar-refractivity contribution in [2.45, 2.75) is 50.7 Å². The Morgan fingerprint density at radius 3 is 2.61 bits per heavy atom. The molecule has 1 atom stereocenters. The molecule has 6 nitrogen and oxygen atoms in total. The van der Waals surface area contributed by atoms with E-state index in [0.717, 1.165) is 48.3 Å². The van der Waals surface area contributed by atoms with Crippen LogP contribution in [-0.4, -0.2) is 55.9 Å². The first-order valence-corrected chi connectivity index (χ1v) is 10.7. The maximum absolute atomic E-state index is 5.69. The first-order valence-electron chi connectivity index (χ1n) is 10.7. The molecule has 1 aliphatic heterocycles. The number of ether oxygens (including phenoxy) is 1. The largest absolute Gasteiger partial charge is 0.377 e. The number of rotatable bonds is 7. The van der Waals surface area contributed by atoms with E-state index in [2.05, 4.69) is 27.7 Å². The normalized spacial score (nSPS) is 25.1. The number of nitrogens with zero attached hydrogens (tertiary/aromatic N) is 3. The highest BCUT2D eigenvalue weighted by Gasteiger charge is 2.23. The zero-order chi connectivity index (χ0) is 19.3. The summed E-state index contributed by atoms with van der Waals surface area (Å²) in [6.07, 6.45) is 7.74. The fourth-order valence-corrected chi connectivity index (χ4v) is 4.41. The van der Waals surface area contributed by atoms with Crippen LogP contribution in [0.25, 0.3) is 10.9 Å². The van der Waals surface area contributed by atoms with Gasteiger partial charge >= 0.3 is 0 Å². The summed E-state index contributed by atoms with van der Waals surface area (Å²) >= 11 is 0. The topological polar surface area (TPSA) is 62.3 Å². The maximum atomic E-state index is 5.69. The van der Waals surface area contributed by atoms with Crippen LogP contribution in [0.4, 0.5) is 11.8 Å². The molecule has 1 saturated carbocycles. The molecule has 1 aromatic carbocycles. The Kier molecular flexibility index (Phi) is 6.27. The Bertz CT molecular complexity index is 767. The Balaban J connectivity index is 1.29. The molecule has 0 amide bonds. The van der Waals surface area contributed by atoms with E-state index < -0.39 is 0 Å². The fourth-order valence-electron chi connectivity index (χ4n) is 4.41. The van der Waals surface area contributed by atoms with E-state index >= 15 is 0 Å².